The Hall–Kier alpha value is -1.13. The van der Waals surface area contributed by atoms with E-state index in [4.69, 9.17) is 11.6 Å². The molecule has 1 aromatic rings. The number of halogens is 2. The summed E-state index contributed by atoms with van der Waals surface area (Å²) in [4.78, 5) is 16.4. The first kappa shape index (κ1) is 16.2. The molecule has 0 spiro atoms. The van der Waals surface area contributed by atoms with Gasteiger partial charge >= 0.3 is 0 Å². The maximum atomic E-state index is 13.8. The van der Waals surface area contributed by atoms with Gasteiger partial charge in [-0.15, -0.1) is 0 Å². The second-order valence-corrected chi connectivity index (χ2v) is 7.13. The third kappa shape index (κ3) is 4.17. The van der Waals surface area contributed by atoms with Crippen LogP contribution in [-0.2, 0) is 0 Å². The van der Waals surface area contributed by atoms with Gasteiger partial charge in [0.05, 0.1) is 10.6 Å². The molecule has 0 aromatic heterocycles. The molecule has 1 aliphatic heterocycles. The number of carbonyl (C=O) groups is 1. The van der Waals surface area contributed by atoms with Crippen molar-refractivity contribution in [3.05, 3.63) is 34.6 Å². The largest absolute Gasteiger partial charge is 0.336 e. The summed E-state index contributed by atoms with van der Waals surface area (Å²) >= 11 is 5.96. The molecule has 0 N–H and O–H groups in total. The molecule has 0 saturated carbocycles. The minimum atomic E-state index is -0.551. The zero-order chi connectivity index (χ0) is 15.6. The first-order chi connectivity index (χ1) is 9.78. The molecule has 2 rings (SSSR count). The van der Waals surface area contributed by atoms with Crippen molar-refractivity contribution in [3.63, 3.8) is 0 Å². The lowest BCUT2D eigenvalue weighted by atomic mass is 9.96. The summed E-state index contributed by atoms with van der Waals surface area (Å²) < 4.78 is 13.8. The average Bonchev–Trinajstić information content (AvgIpc) is 2.37. The Kier molecular flexibility index (Phi) is 4.89. The van der Waals surface area contributed by atoms with Gasteiger partial charge in [-0.2, -0.15) is 0 Å². The maximum Gasteiger partial charge on any atom is 0.258 e. The summed E-state index contributed by atoms with van der Waals surface area (Å²) in [6.45, 7) is 10.4. The molecule has 1 aromatic carbocycles. The second kappa shape index (κ2) is 6.32. The summed E-state index contributed by atoms with van der Waals surface area (Å²) in [5.41, 5.74) is 0.226. The van der Waals surface area contributed by atoms with Gasteiger partial charge in [-0.05, 0) is 17.5 Å². The zero-order valence-corrected chi connectivity index (χ0v) is 13.6. The van der Waals surface area contributed by atoms with Crippen molar-refractivity contribution in [2.75, 3.05) is 32.7 Å². The van der Waals surface area contributed by atoms with Crippen LogP contribution in [0.1, 0.15) is 31.1 Å². The van der Waals surface area contributed by atoms with Crippen LogP contribution in [0.2, 0.25) is 5.02 Å². The molecule has 0 atom stereocenters. The Morgan fingerprint density at radius 2 is 1.86 bits per heavy atom. The minimum Gasteiger partial charge on any atom is -0.336 e. The molecule has 0 bridgehead atoms. The molecule has 0 unspecified atom stereocenters. The van der Waals surface area contributed by atoms with Crippen molar-refractivity contribution < 1.29 is 9.18 Å². The van der Waals surface area contributed by atoms with Crippen LogP contribution in [0.4, 0.5) is 4.39 Å². The Bertz CT molecular complexity index is 499. The Morgan fingerprint density at radius 1 is 1.24 bits per heavy atom. The van der Waals surface area contributed by atoms with Crippen molar-refractivity contribution in [2.24, 2.45) is 5.41 Å². The van der Waals surface area contributed by atoms with E-state index in [1.165, 1.54) is 12.1 Å². The molecule has 5 heteroatoms. The van der Waals surface area contributed by atoms with E-state index in [1.807, 2.05) is 0 Å². The number of carbonyl (C=O) groups excluding carboxylic acids is 1. The van der Waals surface area contributed by atoms with E-state index in [0.717, 1.165) is 19.6 Å². The fraction of sp³-hybridized carbons (Fsp3) is 0.562. The third-order valence-corrected chi connectivity index (χ3v) is 3.85. The van der Waals surface area contributed by atoms with Gasteiger partial charge in [-0.3, -0.25) is 9.69 Å². The SMILES string of the molecule is CC(C)(C)CN1CCN(C(=O)c2c(F)cccc2Cl)CC1. The lowest BCUT2D eigenvalue weighted by molar-refractivity contribution is 0.0588. The fourth-order valence-electron chi connectivity index (χ4n) is 2.64. The Balaban J connectivity index is 2.01. The highest BCUT2D eigenvalue weighted by molar-refractivity contribution is 6.33. The van der Waals surface area contributed by atoms with Crippen molar-refractivity contribution >= 4 is 17.5 Å². The minimum absolute atomic E-state index is 0.0107. The summed E-state index contributed by atoms with van der Waals surface area (Å²) in [6, 6.07) is 4.33. The van der Waals surface area contributed by atoms with Crippen molar-refractivity contribution in [2.45, 2.75) is 20.8 Å². The van der Waals surface area contributed by atoms with Crippen LogP contribution >= 0.6 is 11.6 Å². The third-order valence-electron chi connectivity index (χ3n) is 3.53. The number of piperazine rings is 1. The van der Waals surface area contributed by atoms with Crippen LogP contribution < -0.4 is 0 Å². The zero-order valence-electron chi connectivity index (χ0n) is 12.8. The average molecular weight is 313 g/mol. The fourth-order valence-corrected chi connectivity index (χ4v) is 2.88. The number of amides is 1. The number of hydrogen-bond donors (Lipinski definition) is 0. The van der Waals surface area contributed by atoms with E-state index in [2.05, 4.69) is 25.7 Å². The highest BCUT2D eigenvalue weighted by Crippen LogP contribution is 2.22. The topological polar surface area (TPSA) is 23.6 Å². The van der Waals surface area contributed by atoms with E-state index in [1.54, 1.807) is 11.0 Å². The van der Waals surface area contributed by atoms with Crippen LogP contribution in [-0.4, -0.2) is 48.4 Å². The van der Waals surface area contributed by atoms with Crippen LogP contribution in [0, 0.1) is 11.2 Å². The summed E-state index contributed by atoms with van der Waals surface area (Å²) in [6.07, 6.45) is 0. The normalized spacial score (nSPS) is 17.1. The van der Waals surface area contributed by atoms with E-state index < -0.39 is 5.82 Å². The molecule has 21 heavy (non-hydrogen) atoms. The number of benzene rings is 1. The van der Waals surface area contributed by atoms with Crippen molar-refractivity contribution in [1.29, 1.82) is 0 Å². The molecule has 1 fully saturated rings. The van der Waals surface area contributed by atoms with Crippen LogP contribution in [0.3, 0.4) is 0 Å². The summed E-state index contributed by atoms with van der Waals surface area (Å²) in [7, 11) is 0. The van der Waals surface area contributed by atoms with Gasteiger partial charge in [0.15, 0.2) is 0 Å². The van der Waals surface area contributed by atoms with Gasteiger partial charge in [0.1, 0.15) is 5.82 Å². The quantitative estimate of drug-likeness (QED) is 0.836. The van der Waals surface area contributed by atoms with Gasteiger partial charge in [0.25, 0.3) is 5.91 Å². The lowest BCUT2D eigenvalue weighted by Gasteiger charge is -2.37. The Morgan fingerprint density at radius 3 is 2.38 bits per heavy atom. The monoisotopic (exact) mass is 312 g/mol. The summed E-state index contributed by atoms with van der Waals surface area (Å²) in [5.74, 6) is -0.863. The predicted molar refractivity (Wildman–Crippen MR) is 83.2 cm³/mol. The van der Waals surface area contributed by atoms with Crippen LogP contribution in [0.25, 0.3) is 0 Å². The molecule has 1 saturated heterocycles. The highest BCUT2D eigenvalue weighted by Gasteiger charge is 2.27. The predicted octanol–water partition coefficient (Wildman–Crippen LogP) is 3.28. The number of hydrogen-bond acceptors (Lipinski definition) is 2. The molecule has 1 aliphatic rings. The number of nitrogens with zero attached hydrogens (tertiary/aromatic N) is 2. The van der Waals surface area contributed by atoms with Gasteiger partial charge in [-0.1, -0.05) is 38.4 Å². The highest BCUT2D eigenvalue weighted by atomic mass is 35.5. The smallest absolute Gasteiger partial charge is 0.258 e. The van der Waals surface area contributed by atoms with Crippen molar-refractivity contribution in [1.82, 2.24) is 9.80 Å². The molecule has 116 valence electrons. The van der Waals surface area contributed by atoms with Gasteiger partial charge in [0, 0.05) is 32.7 Å². The molecular formula is C16H22ClFN2O. The Labute approximate surface area is 130 Å². The molecule has 0 radical (unpaired) electrons. The van der Waals surface area contributed by atoms with Crippen LogP contribution in [0.15, 0.2) is 18.2 Å². The summed E-state index contributed by atoms with van der Waals surface area (Å²) in [5, 5.41) is 0.178. The molecule has 1 amide bonds. The van der Waals surface area contributed by atoms with Crippen molar-refractivity contribution in [3.8, 4) is 0 Å². The van der Waals surface area contributed by atoms with E-state index in [0.29, 0.717) is 13.1 Å². The second-order valence-electron chi connectivity index (χ2n) is 6.73. The van der Waals surface area contributed by atoms with Gasteiger partial charge in [-0.25, -0.2) is 4.39 Å². The standard InChI is InChI=1S/C16H22ClFN2O/c1-16(2,3)11-19-7-9-20(10-8-19)15(21)14-12(17)5-4-6-13(14)18/h4-6H,7-11H2,1-3H3. The molecular weight excluding hydrogens is 291 g/mol. The van der Waals surface area contributed by atoms with Gasteiger partial charge in [0.2, 0.25) is 0 Å². The first-order valence-corrected chi connectivity index (χ1v) is 7.61. The van der Waals surface area contributed by atoms with Crippen LogP contribution in [0.5, 0.6) is 0 Å². The van der Waals surface area contributed by atoms with Gasteiger partial charge < -0.3 is 4.90 Å². The first-order valence-electron chi connectivity index (χ1n) is 7.23. The van der Waals surface area contributed by atoms with E-state index in [-0.39, 0.29) is 21.9 Å². The molecule has 0 aliphatic carbocycles. The number of rotatable bonds is 2. The lowest BCUT2D eigenvalue weighted by Crippen LogP contribution is -2.50. The molecule has 1 heterocycles. The maximum absolute atomic E-state index is 13.8. The van der Waals surface area contributed by atoms with E-state index >= 15 is 0 Å². The van der Waals surface area contributed by atoms with E-state index in [9.17, 15) is 9.18 Å². The molecule has 3 nitrogen and oxygen atoms in total.